The van der Waals surface area contributed by atoms with Gasteiger partial charge >= 0.3 is 0 Å². The second-order valence-corrected chi connectivity index (χ2v) is 9.79. The fourth-order valence-electron chi connectivity index (χ4n) is 3.55. The highest BCUT2D eigenvalue weighted by Gasteiger charge is 2.20. The molecule has 2 heterocycles. The van der Waals surface area contributed by atoms with Crippen LogP contribution >= 0.6 is 11.8 Å². The Morgan fingerprint density at radius 3 is 2.26 bits per heavy atom. The highest BCUT2D eigenvalue weighted by molar-refractivity contribution is 7.98. The highest BCUT2D eigenvalue weighted by Crippen LogP contribution is 2.33. The van der Waals surface area contributed by atoms with Gasteiger partial charge in [-0.1, -0.05) is 80.2 Å². The summed E-state index contributed by atoms with van der Waals surface area (Å²) in [5, 5.41) is 14.1. The van der Waals surface area contributed by atoms with Crippen molar-refractivity contribution >= 4 is 11.8 Å². The normalized spacial score (nSPS) is 11.8. The molecule has 31 heavy (non-hydrogen) atoms. The zero-order valence-electron chi connectivity index (χ0n) is 18.9. The number of hydrogen-bond donors (Lipinski definition) is 0. The van der Waals surface area contributed by atoms with Gasteiger partial charge in [0.05, 0.1) is 11.4 Å². The summed E-state index contributed by atoms with van der Waals surface area (Å²) >= 11 is 1.65. The summed E-state index contributed by atoms with van der Waals surface area (Å²) in [6, 6.07) is 17.0. The number of benzene rings is 2. The van der Waals surface area contributed by atoms with Crippen LogP contribution in [-0.2, 0) is 11.2 Å². The van der Waals surface area contributed by atoms with Gasteiger partial charge in [-0.25, -0.2) is 0 Å². The highest BCUT2D eigenvalue weighted by atomic mass is 32.2. The quantitative estimate of drug-likeness (QED) is 0.340. The molecule has 160 valence electrons. The van der Waals surface area contributed by atoms with Crippen LogP contribution in [0.2, 0.25) is 0 Å². The van der Waals surface area contributed by atoms with Gasteiger partial charge in [0.15, 0.2) is 11.0 Å². The standard InChI is InChI=1S/C25H28N4OS/c1-16-9-7-8-10-22(16)29-23(19-11-13-20(14-12-19)25(4,5)6)26-27-24(29)31-15-21-17(2)28-30-18(21)3/h7-14H,15H2,1-6H3. The zero-order chi connectivity index (χ0) is 22.2. The molecule has 4 rings (SSSR count). The first kappa shape index (κ1) is 21.4. The van der Waals surface area contributed by atoms with E-state index in [1.165, 1.54) is 11.1 Å². The van der Waals surface area contributed by atoms with E-state index in [0.29, 0.717) is 0 Å². The summed E-state index contributed by atoms with van der Waals surface area (Å²) in [6.45, 7) is 12.7. The fraction of sp³-hybridized carbons (Fsp3) is 0.320. The molecular formula is C25H28N4OS. The molecule has 4 aromatic rings. The third-order valence-corrected chi connectivity index (χ3v) is 6.48. The van der Waals surface area contributed by atoms with E-state index < -0.39 is 0 Å². The number of para-hydroxylation sites is 1. The molecule has 0 unspecified atom stereocenters. The van der Waals surface area contributed by atoms with Gasteiger partial charge in [-0.15, -0.1) is 10.2 Å². The Kier molecular flexibility index (Phi) is 5.75. The third-order valence-electron chi connectivity index (χ3n) is 5.53. The van der Waals surface area contributed by atoms with Crippen molar-refractivity contribution in [3.8, 4) is 17.1 Å². The molecule has 0 radical (unpaired) electrons. The summed E-state index contributed by atoms with van der Waals surface area (Å²) in [4.78, 5) is 0. The van der Waals surface area contributed by atoms with Crippen LogP contribution in [0, 0.1) is 20.8 Å². The van der Waals surface area contributed by atoms with Gasteiger partial charge in [-0.05, 0) is 43.4 Å². The van der Waals surface area contributed by atoms with Crippen molar-refractivity contribution in [3.63, 3.8) is 0 Å². The molecule has 0 fully saturated rings. The van der Waals surface area contributed by atoms with E-state index >= 15 is 0 Å². The number of nitrogens with zero attached hydrogens (tertiary/aromatic N) is 4. The summed E-state index contributed by atoms with van der Waals surface area (Å²) in [6.07, 6.45) is 0. The summed E-state index contributed by atoms with van der Waals surface area (Å²) in [5.41, 5.74) is 6.75. The second kappa shape index (κ2) is 8.35. The molecule has 0 aliphatic carbocycles. The van der Waals surface area contributed by atoms with Crippen molar-refractivity contribution < 1.29 is 4.52 Å². The number of hydrogen-bond acceptors (Lipinski definition) is 5. The summed E-state index contributed by atoms with van der Waals surface area (Å²) < 4.78 is 7.48. The average molecular weight is 433 g/mol. The maximum Gasteiger partial charge on any atom is 0.196 e. The van der Waals surface area contributed by atoms with Crippen LogP contribution in [-0.4, -0.2) is 19.9 Å². The Morgan fingerprint density at radius 2 is 1.65 bits per heavy atom. The van der Waals surface area contributed by atoms with Crippen molar-refractivity contribution in [2.24, 2.45) is 0 Å². The Hall–Kier alpha value is -2.86. The molecule has 0 atom stereocenters. The molecule has 6 heteroatoms. The summed E-state index contributed by atoms with van der Waals surface area (Å²) in [7, 11) is 0. The van der Waals surface area contributed by atoms with Gasteiger partial charge in [-0.3, -0.25) is 4.57 Å². The van der Waals surface area contributed by atoms with Crippen molar-refractivity contribution in [3.05, 3.63) is 76.7 Å². The second-order valence-electron chi connectivity index (χ2n) is 8.85. The molecule has 0 aliphatic rings. The molecule has 0 N–H and O–H groups in total. The first-order chi connectivity index (χ1) is 14.8. The van der Waals surface area contributed by atoms with Crippen molar-refractivity contribution in [2.45, 2.75) is 57.9 Å². The van der Waals surface area contributed by atoms with Gasteiger partial charge in [0.1, 0.15) is 5.76 Å². The molecule has 5 nitrogen and oxygen atoms in total. The van der Waals surface area contributed by atoms with Crippen LogP contribution in [0.1, 0.15) is 48.9 Å². The fourth-order valence-corrected chi connectivity index (χ4v) is 4.64. The maximum absolute atomic E-state index is 5.32. The number of aromatic nitrogens is 4. The summed E-state index contributed by atoms with van der Waals surface area (Å²) in [5.74, 6) is 2.43. The molecular weight excluding hydrogens is 404 g/mol. The SMILES string of the molecule is Cc1ccccc1-n1c(SCc2c(C)noc2C)nnc1-c1ccc(C(C)(C)C)cc1. The van der Waals surface area contributed by atoms with Crippen LogP contribution in [0.4, 0.5) is 0 Å². The lowest BCUT2D eigenvalue weighted by atomic mass is 9.87. The van der Waals surface area contributed by atoms with Crippen LogP contribution in [0.3, 0.4) is 0 Å². The van der Waals surface area contributed by atoms with E-state index in [1.54, 1.807) is 11.8 Å². The van der Waals surface area contributed by atoms with Gasteiger partial charge in [-0.2, -0.15) is 0 Å². The molecule has 0 amide bonds. The van der Waals surface area contributed by atoms with Crippen LogP contribution < -0.4 is 0 Å². The lowest BCUT2D eigenvalue weighted by molar-refractivity contribution is 0.392. The van der Waals surface area contributed by atoms with Gasteiger partial charge in [0.2, 0.25) is 0 Å². The molecule has 0 aliphatic heterocycles. The first-order valence-electron chi connectivity index (χ1n) is 10.4. The monoisotopic (exact) mass is 432 g/mol. The maximum atomic E-state index is 5.32. The predicted molar refractivity (Wildman–Crippen MR) is 126 cm³/mol. The lowest BCUT2D eigenvalue weighted by Crippen LogP contribution is -2.10. The van der Waals surface area contributed by atoms with Crippen LogP contribution in [0.5, 0.6) is 0 Å². The number of thioether (sulfide) groups is 1. The van der Waals surface area contributed by atoms with E-state index in [1.807, 2.05) is 13.8 Å². The van der Waals surface area contributed by atoms with Crippen molar-refractivity contribution in [2.75, 3.05) is 0 Å². The average Bonchev–Trinajstić information content (AvgIpc) is 3.29. The molecule has 0 saturated heterocycles. The third kappa shape index (κ3) is 4.30. The number of rotatable bonds is 5. The minimum absolute atomic E-state index is 0.109. The predicted octanol–water partition coefficient (Wildman–Crippen LogP) is 6.44. The van der Waals surface area contributed by atoms with E-state index in [2.05, 4.69) is 96.1 Å². The Bertz CT molecular complexity index is 1180. The first-order valence-corrected chi connectivity index (χ1v) is 11.4. The molecule has 0 spiro atoms. The van der Waals surface area contributed by atoms with Gasteiger partial charge in [0, 0.05) is 16.9 Å². The largest absolute Gasteiger partial charge is 0.361 e. The Morgan fingerprint density at radius 1 is 0.935 bits per heavy atom. The van der Waals surface area contributed by atoms with Crippen LogP contribution in [0.15, 0.2) is 58.2 Å². The van der Waals surface area contributed by atoms with Crippen molar-refractivity contribution in [1.82, 2.24) is 19.9 Å². The van der Waals surface area contributed by atoms with Gasteiger partial charge in [0.25, 0.3) is 0 Å². The minimum atomic E-state index is 0.109. The topological polar surface area (TPSA) is 56.7 Å². The van der Waals surface area contributed by atoms with Crippen molar-refractivity contribution in [1.29, 1.82) is 0 Å². The lowest BCUT2D eigenvalue weighted by Gasteiger charge is -2.19. The molecule has 2 aromatic heterocycles. The van der Waals surface area contributed by atoms with E-state index in [0.717, 1.165) is 45.0 Å². The van der Waals surface area contributed by atoms with E-state index in [4.69, 9.17) is 4.52 Å². The van der Waals surface area contributed by atoms with E-state index in [-0.39, 0.29) is 5.41 Å². The van der Waals surface area contributed by atoms with Crippen LogP contribution in [0.25, 0.3) is 17.1 Å². The smallest absolute Gasteiger partial charge is 0.196 e. The number of aryl methyl sites for hydroxylation is 3. The molecule has 0 bridgehead atoms. The Balaban J connectivity index is 1.77. The molecule has 2 aromatic carbocycles. The molecule has 0 saturated carbocycles. The Labute approximate surface area is 187 Å². The zero-order valence-corrected chi connectivity index (χ0v) is 19.7. The minimum Gasteiger partial charge on any atom is -0.361 e. The van der Waals surface area contributed by atoms with E-state index in [9.17, 15) is 0 Å². The van der Waals surface area contributed by atoms with Gasteiger partial charge < -0.3 is 4.52 Å².